The molecule has 0 amide bonds. The van der Waals surface area contributed by atoms with Crippen LogP contribution in [-0.2, 0) is 12.8 Å². The second kappa shape index (κ2) is 7.54. The maximum absolute atomic E-state index is 9.67. The molecule has 0 heterocycles. The first-order chi connectivity index (χ1) is 10.9. The predicted octanol–water partition coefficient (Wildman–Crippen LogP) is 5.30. The molecule has 0 fully saturated rings. The number of aryl methyl sites for hydroxylation is 3. The molecule has 124 valence electrons. The largest absolute Gasteiger partial charge is 0.504 e. The van der Waals surface area contributed by atoms with E-state index in [1.54, 1.807) is 13.2 Å². The van der Waals surface area contributed by atoms with Gasteiger partial charge in [0.1, 0.15) is 0 Å². The lowest BCUT2D eigenvalue weighted by atomic mass is 9.81. The maximum Gasteiger partial charge on any atom is 0.160 e. The predicted molar refractivity (Wildman–Crippen MR) is 96.3 cm³/mol. The van der Waals surface area contributed by atoms with Crippen molar-refractivity contribution < 1.29 is 9.84 Å². The standard InChI is InChI=1S/C21H28O2/c1-16-5-7-17(8-6-16)11-13-21(2,3)14-12-18-9-10-19(22)20(15-18)23-4/h5-10,15,22H,11-14H2,1-4H3. The van der Waals surface area contributed by atoms with E-state index in [9.17, 15) is 5.11 Å². The minimum Gasteiger partial charge on any atom is -0.504 e. The average Bonchev–Trinajstić information content (AvgIpc) is 2.54. The second-order valence-corrected chi connectivity index (χ2v) is 7.16. The quantitative estimate of drug-likeness (QED) is 0.751. The van der Waals surface area contributed by atoms with Gasteiger partial charge in [0.05, 0.1) is 7.11 Å². The Hall–Kier alpha value is -1.96. The fourth-order valence-corrected chi connectivity index (χ4v) is 2.72. The molecule has 0 saturated heterocycles. The zero-order chi connectivity index (χ0) is 16.9. The van der Waals surface area contributed by atoms with Gasteiger partial charge in [-0.05, 0) is 61.3 Å². The third kappa shape index (κ3) is 5.31. The molecule has 2 heteroatoms. The molecule has 1 N–H and O–H groups in total. The molecule has 0 unspecified atom stereocenters. The Morgan fingerprint density at radius 2 is 1.48 bits per heavy atom. The van der Waals surface area contributed by atoms with Crippen molar-refractivity contribution in [1.82, 2.24) is 0 Å². The highest BCUT2D eigenvalue weighted by Gasteiger charge is 2.18. The number of phenolic OH excluding ortho intramolecular Hbond substituents is 1. The molecule has 2 aromatic rings. The van der Waals surface area contributed by atoms with Crippen LogP contribution >= 0.6 is 0 Å². The normalized spacial score (nSPS) is 11.5. The van der Waals surface area contributed by atoms with Crippen molar-refractivity contribution >= 4 is 0 Å². The molecule has 0 bridgehead atoms. The van der Waals surface area contributed by atoms with Crippen LogP contribution < -0.4 is 4.74 Å². The van der Waals surface area contributed by atoms with Crippen LogP contribution in [0, 0.1) is 12.3 Å². The fraction of sp³-hybridized carbons (Fsp3) is 0.429. The second-order valence-electron chi connectivity index (χ2n) is 7.16. The van der Waals surface area contributed by atoms with Gasteiger partial charge in [-0.15, -0.1) is 0 Å². The molecule has 0 saturated carbocycles. The summed E-state index contributed by atoms with van der Waals surface area (Å²) in [6.45, 7) is 6.79. The van der Waals surface area contributed by atoms with Crippen molar-refractivity contribution in [3.8, 4) is 11.5 Å². The lowest BCUT2D eigenvalue weighted by Crippen LogP contribution is -2.14. The Kier molecular flexibility index (Phi) is 5.70. The van der Waals surface area contributed by atoms with E-state index in [1.165, 1.54) is 23.1 Å². The molecule has 0 aliphatic carbocycles. The number of hydrogen-bond donors (Lipinski definition) is 1. The monoisotopic (exact) mass is 312 g/mol. The smallest absolute Gasteiger partial charge is 0.160 e. The van der Waals surface area contributed by atoms with Gasteiger partial charge in [-0.2, -0.15) is 0 Å². The molecule has 23 heavy (non-hydrogen) atoms. The van der Waals surface area contributed by atoms with Crippen LogP contribution in [0.25, 0.3) is 0 Å². The van der Waals surface area contributed by atoms with E-state index in [4.69, 9.17) is 4.74 Å². The van der Waals surface area contributed by atoms with E-state index in [2.05, 4.69) is 45.0 Å². The van der Waals surface area contributed by atoms with Gasteiger partial charge in [0.25, 0.3) is 0 Å². The molecule has 0 spiro atoms. The van der Waals surface area contributed by atoms with Gasteiger partial charge in [0.2, 0.25) is 0 Å². The Bertz CT molecular complexity index is 627. The summed E-state index contributed by atoms with van der Waals surface area (Å²) in [5.74, 6) is 0.759. The fourth-order valence-electron chi connectivity index (χ4n) is 2.72. The topological polar surface area (TPSA) is 29.5 Å². The minimum atomic E-state index is 0.204. The van der Waals surface area contributed by atoms with Gasteiger partial charge in [-0.3, -0.25) is 0 Å². The summed E-state index contributed by atoms with van der Waals surface area (Å²) in [6, 6.07) is 14.5. The van der Waals surface area contributed by atoms with Crippen molar-refractivity contribution in [3.05, 3.63) is 59.2 Å². The third-order valence-electron chi connectivity index (χ3n) is 4.55. The number of rotatable bonds is 7. The van der Waals surface area contributed by atoms with Gasteiger partial charge in [0, 0.05) is 0 Å². The SMILES string of the molecule is COc1cc(CCC(C)(C)CCc2ccc(C)cc2)ccc1O. The van der Waals surface area contributed by atoms with Gasteiger partial charge in [-0.25, -0.2) is 0 Å². The molecule has 0 atom stereocenters. The third-order valence-corrected chi connectivity index (χ3v) is 4.55. The first-order valence-corrected chi connectivity index (χ1v) is 8.31. The zero-order valence-electron chi connectivity index (χ0n) is 14.7. The van der Waals surface area contributed by atoms with Crippen LogP contribution in [-0.4, -0.2) is 12.2 Å². The highest BCUT2D eigenvalue weighted by atomic mass is 16.5. The lowest BCUT2D eigenvalue weighted by Gasteiger charge is -2.25. The van der Waals surface area contributed by atoms with Crippen molar-refractivity contribution in [2.45, 2.75) is 46.5 Å². The summed E-state index contributed by atoms with van der Waals surface area (Å²) in [5, 5.41) is 9.67. The molecule has 2 rings (SSSR count). The molecule has 0 radical (unpaired) electrons. The first kappa shape index (κ1) is 17.4. The number of methoxy groups -OCH3 is 1. The summed E-state index contributed by atoms with van der Waals surface area (Å²) < 4.78 is 5.18. The van der Waals surface area contributed by atoms with Crippen molar-refractivity contribution in [3.63, 3.8) is 0 Å². The molecular weight excluding hydrogens is 284 g/mol. The van der Waals surface area contributed by atoms with Gasteiger partial charge in [-0.1, -0.05) is 49.7 Å². The number of benzene rings is 2. The van der Waals surface area contributed by atoms with Crippen LogP contribution in [0.1, 0.15) is 43.4 Å². The molecule has 0 aliphatic rings. The van der Waals surface area contributed by atoms with E-state index in [0.717, 1.165) is 19.3 Å². The molecular formula is C21H28O2. The van der Waals surface area contributed by atoms with Crippen molar-refractivity contribution in [1.29, 1.82) is 0 Å². The molecule has 2 nitrogen and oxygen atoms in total. The summed E-state index contributed by atoms with van der Waals surface area (Å²) in [6.07, 6.45) is 4.40. The number of aromatic hydroxyl groups is 1. The summed E-state index contributed by atoms with van der Waals surface area (Å²) in [7, 11) is 1.59. The van der Waals surface area contributed by atoms with Crippen molar-refractivity contribution in [2.75, 3.05) is 7.11 Å². The average molecular weight is 312 g/mol. The van der Waals surface area contributed by atoms with Crippen LogP contribution in [0.15, 0.2) is 42.5 Å². The van der Waals surface area contributed by atoms with E-state index < -0.39 is 0 Å². The first-order valence-electron chi connectivity index (χ1n) is 8.31. The van der Waals surface area contributed by atoms with Gasteiger partial charge >= 0.3 is 0 Å². The zero-order valence-corrected chi connectivity index (χ0v) is 14.7. The minimum absolute atomic E-state index is 0.204. The molecule has 2 aromatic carbocycles. The Labute approximate surface area is 140 Å². The number of ether oxygens (including phenoxy) is 1. The Balaban J connectivity index is 1.89. The summed E-state index contributed by atoms with van der Waals surface area (Å²) in [4.78, 5) is 0. The maximum atomic E-state index is 9.67. The van der Waals surface area contributed by atoms with E-state index >= 15 is 0 Å². The van der Waals surface area contributed by atoms with E-state index in [-0.39, 0.29) is 11.2 Å². The molecule has 0 aromatic heterocycles. The van der Waals surface area contributed by atoms with Crippen LogP contribution in [0.3, 0.4) is 0 Å². The van der Waals surface area contributed by atoms with Gasteiger partial charge < -0.3 is 9.84 Å². The van der Waals surface area contributed by atoms with Crippen LogP contribution in [0.5, 0.6) is 11.5 Å². The molecule has 0 aliphatic heterocycles. The van der Waals surface area contributed by atoms with E-state index in [1.807, 2.05) is 12.1 Å². The number of hydrogen-bond acceptors (Lipinski definition) is 2. The summed E-state index contributed by atoms with van der Waals surface area (Å²) in [5.41, 5.74) is 4.23. The van der Waals surface area contributed by atoms with Crippen LogP contribution in [0.4, 0.5) is 0 Å². The highest BCUT2D eigenvalue weighted by Crippen LogP contribution is 2.31. The Morgan fingerprint density at radius 1 is 0.913 bits per heavy atom. The highest BCUT2D eigenvalue weighted by molar-refractivity contribution is 5.41. The Morgan fingerprint density at radius 3 is 2.09 bits per heavy atom. The summed E-state index contributed by atoms with van der Waals surface area (Å²) >= 11 is 0. The lowest BCUT2D eigenvalue weighted by molar-refractivity contribution is 0.308. The van der Waals surface area contributed by atoms with Gasteiger partial charge in [0.15, 0.2) is 11.5 Å². The number of phenols is 1. The van der Waals surface area contributed by atoms with E-state index in [0.29, 0.717) is 5.75 Å². The van der Waals surface area contributed by atoms with Crippen molar-refractivity contribution in [2.24, 2.45) is 5.41 Å². The van der Waals surface area contributed by atoms with Crippen LogP contribution in [0.2, 0.25) is 0 Å².